The number of fused-ring (bicyclic) bond motifs is 1. The zero-order chi connectivity index (χ0) is 13.5. The van der Waals surface area contributed by atoms with E-state index in [-0.39, 0.29) is 0 Å². The minimum atomic E-state index is 0.668. The molecule has 0 bridgehead atoms. The van der Waals surface area contributed by atoms with Crippen LogP contribution < -0.4 is 5.32 Å². The first kappa shape index (κ1) is 13.3. The quantitative estimate of drug-likeness (QED) is 0.892. The normalized spacial score (nSPS) is 28.4. The molecule has 3 nitrogen and oxygen atoms in total. The highest BCUT2D eigenvalue weighted by Crippen LogP contribution is 2.41. The van der Waals surface area contributed by atoms with Gasteiger partial charge in [-0.15, -0.1) is 0 Å². The van der Waals surface area contributed by atoms with Crippen LogP contribution in [0.2, 0.25) is 0 Å². The summed E-state index contributed by atoms with van der Waals surface area (Å²) in [7, 11) is 0. The van der Waals surface area contributed by atoms with E-state index < -0.39 is 0 Å². The monoisotopic (exact) mass is 335 g/mol. The molecule has 2 saturated heterocycles. The zero-order valence-electron chi connectivity index (χ0n) is 11.8. The van der Waals surface area contributed by atoms with E-state index in [1.807, 2.05) is 0 Å². The lowest BCUT2D eigenvalue weighted by atomic mass is 9.99. The Morgan fingerprint density at radius 2 is 1.90 bits per heavy atom. The topological polar surface area (TPSA) is 18.5 Å². The Morgan fingerprint density at radius 3 is 2.70 bits per heavy atom. The minimum Gasteiger partial charge on any atom is -0.314 e. The van der Waals surface area contributed by atoms with Gasteiger partial charge in [0, 0.05) is 55.8 Å². The van der Waals surface area contributed by atoms with Crippen LogP contribution in [0.1, 0.15) is 23.6 Å². The van der Waals surface area contributed by atoms with Gasteiger partial charge in [-0.3, -0.25) is 9.80 Å². The van der Waals surface area contributed by atoms with E-state index in [1.54, 1.807) is 11.1 Å². The number of likely N-dealkylation sites (tertiary alicyclic amines) is 1. The van der Waals surface area contributed by atoms with Gasteiger partial charge in [-0.1, -0.05) is 28.1 Å². The molecule has 108 valence electrons. The molecular formula is C16H22BrN3. The summed E-state index contributed by atoms with van der Waals surface area (Å²) in [4.78, 5) is 5.36. The number of benzene rings is 1. The van der Waals surface area contributed by atoms with Crippen molar-refractivity contribution in [3.05, 3.63) is 33.8 Å². The predicted octanol–water partition coefficient (Wildman–Crippen LogP) is 2.03. The zero-order valence-corrected chi connectivity index (χ0v) is 13.4. The molecule has 1 atom stereocenters. The van der Waals surface area contributed by atoms with E-state index in [0.29, 0.717) is 6.04 Å². The van der Waals surface area contributed by atoms with Gasteiger partial charge in [0.2, 0.25) is 0 Å². The van der Waals surface area contributed by atoms with Crippen LogP contribution in [-0.4, -0.2) is 55.1 Å². The van der Waals surface area contributed by atoms with Crippen molar-refractivity contribution < 1.29 is 0 Å². The van der Waals surface area contributed by atoms with Gasteiger partial charge in [-0.2, -0.15) is 0 Å². The van der Waals surface area contributed by atoms with Crippen molar-refractivity contribution in [2.75, 3.05) is 39.3 Å². The maximum atomic E-state index is 3.70. The highest BCUT2D eigenvalue weighted by atomic mass is 79.9. The molecule has 0 saturated carbocycles. The van der Waals surface area contributed by atoms with E-state index in [9.17, 15) is 0 Å². The van der Waals surface area contributed by atoms with Crippen molar-refractivity contribution in [3.8, 4) is 0 Å². The van der Waals surface area contributed by atoms with Gasteiger partial charge >= 0.3 is 0 Å². The summed E-state index contributed by atoms with van der Waals surface area (Å²) in [5.41, 5.74) is 3.11. The maximum Gasteiger partial charge on any atom is 0.0355 e. The van der Waals surface area contributed by atoms with Gasteiger partial charge < -0.3 is 5.32 Å². The standard InChI is InChI=1S/C16H22BrN3/c17-15-3-1-2-14-13(15)4-5-16(14)20-10-12(11-20)19-8-6-18-7-9-19/h1-3,12,16,18H,4-11H2. The molecule has 2 aliphatic heterocycles. The molecule has 1 aromatic rings. The van der Waals surface area contributed by atoms with Crippen molar-refractivity contribution in [1.82, 2.24) is 15.1 Å². The van der Waals surface area contributed by atoms with Crippen molar-refractivity contribution >= 4 is 15.9 Å². The first-order chi connectivity index (χ1) is 9.83. The van der Waals surface area contributed by atoms with Gasteiger partial charge in [0.05, 0.1) is 0 Å². The Labute approximate surface area is 129 Å². The second kappa shape index (κ2) is 5.41. The van der Waals surface area contributed by atoms with Crippen LogP contribution in [0.4, 0.5) is 0 Å². The number of piperazine rings is 1. The summed E-state index contributed by atoms with van der Waals surface area (Å²) >= 11 is 3.70. The van der Waals surface area contributed by atoms with Crippen LogP contribution in [0.25, 0.3) is 0 Å². The highest BCUT2D eigenvalue weighted by Gasteiger charge is 2.39. The average molecular weight is 336 g/mol. The van der Waals surface area contributed by atoms with Crippen molar-refractivity contribution in [2.45, 2.75) is 24.9 Å². The van der Waals surface area contributed by atoms with E-state index in [0.717, 1.165) is 19.1 Å². The molecule has 1 N–H and O–H groups in total. The van der Waals surface area contributed by atoms with E-state index in [1.165, 1.54) is 43.5 Å². The average Bonchev–Trinajstić information content (AvgIpc) is 2.84. The van der Waals surface area contributed by atoms with E-state index in [2.05, 4.69) is 49.2 Å². The second-order valence-electron chi connectivity index (χ2n) is 6.26. The van der Waals surface area contributed by atoms with Gasteiger partial charge in [-0.05, 0) is 30.0 Å². The van der Waals surface area contributed by atoms with Gasteiger partial charge in [0.15, 0.2) is 0 Å². The van der Waals surface area contributed by atoms with E-state index in [4.69, 9.17) is 0 Å². The van der Waals surface area contributed by atoms with Crippen LogP contribution in [0.5, 0.6) is 0 Å². The molecule has 0 spiro atoms. The molecule has 0 aromatic heterocycles. The lowest BCUT2D eigenvalue weighted by Gasteiger charge is -2.49. The van der Waals surface area contributed by atoms with Crippen molar-refractivity contribution in [3.63, 3.8) is 0 Å². The number of halogens is 1. The molecular weight excluding hydrogens is 314 g/mol. The summed E-state index contributed by atoms with van der Waals surface area (Å²) in [6.07, 6.45) is 2.53. The van der Waals surface area contributed by atoms with Crippen LogP contribution in [-0.2, 0) is 6.42 Å². The van der Waals surface area contributed by atoms with Crippen molar-refractivity contribution in [1.29, 1.82) is 0 Å². The smallest absolute Gasteiger partial charge is 0.0355 e. The van der Waals surface area contributed by atoms with Gasteiger partial charge in [0.1, 0.15) is 0 Å². The molecule has 1 aliphatic carbocycles. The molecule has 0 radical (unpaired) electrons. The number of nitrogens with zero attached hydrogens (tertiary/aromatic N) is 2. The summed E-state index contributed by atoms with van der Waals surface area (Å²) in [5, 5.41) is 3.44. The summed E-state index contributed by atoms with van der Waals surface area (Å²) < 4.78 is 1.30. The summed E-state index contributed by atoms with van der Waals surface area (Å²) in [6.45, 7) is 7.30. The molecule has 3 aliphatic rings. The fourth-order valence-corrected chi connectivity index (χ4v) is 4.57. The molecule has 0 amide bonds. The Bertz CT molecular complexity index is 492. The summed E-state index contributed by atoms with van der Waals surface area (Å²) in [5.74, 6) is 0. The molecule has 1 aromatic carbocycles. The Balaban J connectivity index is 1.41. The molecule has 1 unspecified atom stereocenters. The Kier molecular flexibility index (Phi) is 3.59. The van der Waals surface area contributed by atoms with Crippen LogP contribution in [0.3, 0.4) is 0 Å². The number of rotatable bonds is 2. The Morgan fingerprint density at radius 1 is 1.10 bits per heavy atom. The highest BCUT2D eigenvalue weighted by molar-refractivity contribution is 9.10. The summed E-state index contributed by atoms with van der Waals surface area (Å²) in [6, 6.07) is 8.17. The first-order valence-electron chi connectivity index (χ1n) is 7.79. The minimum absolute atomic E-state index is 0.668. The molecule has 2 fully saturated rings. The van der Waals surface area contributed by atoms with Gasteiger partial charge in [-0.25, -0.2) is 0 Å². The Hall–Kier alpha value is -0.420. The first-order valence-corrected chi connectivity index (χ1v) is 8.58. The predicted molar refractivity (Wildman–Crippen MR) is 85.0 cm³/mol. The number of nitrogens with one attached hydrogen (secondary N) is 1. The molecule has 4 rings (SSSR count). The van der Waals surface area contributed by atoms with Crippen LogP contribution in [0.15, 0.2) is 22.7 Å². The van der Waals surface area contributed by atoms with Crippen LogP contribution >= 0.6 is 15.9 Å². The number of hydrogen-bond donors (Lipinski definition) is 1. The second-order valence-corrected chi connectivity index (χ2v) is 7.11. The van der Waals surface area contributed by atoms with Crippen molar-refractivity contribution in [2.24, 2.45) is 0 Å². The van der Waals surface area contributed by atoms with Crippen LogP contribution in [0, 0.1) is 0 Å². The lowest BCUT2D eigenvalue weighted by Crippen LogP contribution is -2.63. The fraction of sp³-hybridized carbons (Fsp3) is 0.625. The van der Waals surface area contributed by atoms with Gasteiger partial charge in [0.25, 0.3) is 0 Å². The fourth-order valence-electron chi connectivity index (χ4n) is 3.99. The maximum absolute atomic E-state index is 3.70. The molecule has 2 heterocycles. The third-order valence-corrected chi connectivity index (χ3v) is 5.92. The SMILES string of the molecule is Brc1cccc2c1CCC2N1CC(N2CCNCC2)C1. The van der Waals surface area contributed by atoms with E-state index >= 15 is 0 Å². The third kappa shape index (κ3) is 2.23. The lowest BCUT2D eigenvalue weighted by molar-refractivity contribution is -0.000810. The molecule has 4 heteroatoms. The third-order valence-electron chi connectivity index (χ3n) is 5.18. The number of hydrogen-bond acceptors (Lipinski definition) is 3. The largest absolute Gasteiger partial charge is 0.314 e. The molecule has 20 heavy (non-hydrogen) atoms.